The van der Waals surface area contributed by atoms with Gasteiger partial charge in [0.05, 0.1) is 5.60 Å². The molecule has 1 atom stereocenters. The van der Waals surface area contributed by atoms with Gasteiger partial charge in [-0.2, -0.15) is 13.2 Å². The van der Waals surface area contributed by atoms with Crippen LogP contribution >= 0.6 is 12.4 Å². The van der Waals surface area contributed by atoms with Crippen molar-refractivity contribution in [3.63, 3.8) is 0 Å². The molecule has 1 aromatic heterocycles. The van der Waals surface area contributed by atoms with Gasteiger partial charge in [-0.15, -0.1) is 12.4 Å². The zero-order valence-electron chi connectivity index (χ0n) is 10.7. The van der Waals surface area contributed by atoms with Crippen molar-refractivity contribution >= 4 is 18.2 Å². The smallest absolute Gasteiger partial charge is 0.387 e. The maximum absolute atomic E-state index is 12.5. The number of β-amino-alcohol motifs (C(OH)–C–C–N with tert-alkyl or cyclic N) is 1. The van der Waals surface area contributed by atoms with E-state index in [9.17, 15) is 18.3 Å². The predicted molar refractivity (Wildman–Crippen MR) is 72.0 cm³/mol. The number of aromatic nitrogens is 1. The molecule has 3 N–H and O–H groups in total. The first-order valence-corrected chi connectivity index (χ1v) is 6.10. The summed E-state index contributed by atoms with van der Waals surface area (Å²) in [5, 5.41) is 16.0. The molecule has 8 heteroatoms. The molecule has 114 valence electrons. The van der Waals surface area contributed by atoms with Gasteiger partial charge in [0.2, 0.25) is 0 Å². The van der Waals surface area contributed by atoms with E-state index >= 15 is 0 Å². The van der Waals surface area contributed by atoms with E-state index in [4.69, 9.17) is 0 Å². The van der Waals surface area contributed by atoms with Crippen LogP contribution in [0.15, 0.2) is 18.2 Å². The number of nitrogens with one attached hydrogen (secondary N) is 2. The largest absolute Gasteiger partial charge is 0.433 e. The molecule has 1 aromatic rings. The van der Waals surface area contributed by atoms with Crippen LogP contribution in [0.25, 0.3) is 0 Å². The fourth-order valence-corrected chi connectivity index (χ4v) is 2.05. The van der Waals surface area contributed by atoms with Crippen LogP contribution in [0.4, 0.5) is 19.0 Å². The molecule has 4 nitrogen and oxygen atoms in total. The highest BCUT2D eigenvalue weighted by Gasteiger charge is 2.33. The van der Waals surface area contributed by atoms with Crippen molar-refractivity contribution in [2.24, 2.45) is 0 Å². The van der Waals surface area contributed by atoms with Gasteiger partial charge in [-0.3, -0.25) is 0 Å². The number of hydrogen-bond acceptors (Lipinski definition) is 4. The van der Waals surface area contributed by atoms with Crippen LogP contribution in [0, 0.1) is 0 Å². The van der Waals surface area contributed by atoms with Gasteiger partial charge in [-0.1, -0.05) is 6.07 Å². The zero-order chi connectivity index (χ0) is 13.9. The van der Waals surface area contributed by atoms with Gasteiger partial charge in [0.15, 0.2) is 0 Å². The fourth-order valence-electron chi connectivity index (χ4n) is 2.05. The van der Waals surface area contributed by atoms with Crippen molar-refractivity contribution < 1.29 is 18.3 Å². The fraction of sp³-hybridized carbons (Fsp3) is 0.583. The molecule has 0 aliphatic carbocycles. The SMILES string of the molecule is Cl.OC1(CNc2cccc(C(F)(F)F)n2)CCCNC1. The van der Waals surface area contributed by atoms with Crippen LogP contribution in [-0.2, 0) is 6.18 Å². The summed E-state index contributed by atoms with van der Waals surface area (Å²) < 4.78 is 37.5. The van der Waals surface area contributed by atoms with Crippen LogP contribution in [0.2, 0.25) is 0 Å². The topological polar surface area (TPSA) is 57.2 Å². The van der Waals surface area contributed by atoms with E-state index in [0.29, 0.717) is 13.0 Å². The molecular formula is C12H17ClF3N3O. The third-order valence-corrected chi connectivity index (χ3v) is 3.09. The Morgan fingerprint density at radius 2 is 2.15 bits per heavy atom. The second-order valence-electron chi connectivity index (χ2n) is 4.76. The Labute approximate surface area is 121 Å². The van der Waals surface area contributed by atoms with Crippen molar-refractivity contribution in [2.75, 3.05) is 25.0 Å². The lowest BCUT2D eigenvalue weighted by molar-refractivity contribution is -0.141. The molecule has 20 heavy (non-hydrogen) atoms. The van der Waals surface area contributed by atoms with Gasteiger partial charge < -0.3 is 15.7 Å². The molecule has 0 amide bonds. The molecule has 1 saturated heterocycles. The van der Waals surface area contributed by atoms with Crippen LogP contribution in [0.3, 0.4) is 0 Å². The number of piperidine rings is 1. The monoisotopic (exact) mass is 311 g/mol. The molecule has 2 heterocycles. The molecule has 1 fully saturated rings. The van der Waals surface area contributed by atoms with Crippen LogP contribution < -0.4 is 10.6 Å². The lowest BCUT2D eigenvalue weighted by atomic mass is 9.94. The molecule has 2 rings (SSSR count). The van der Waals surface area contributed by atoms with E-state index in [1.165, 1.54) is 12.1 Å². The predicted octanol–water partition coefficient (Wildman–Crippen LogP) is 2.05. The maximum atomic E-state index is 12.5. The van der Waals surface area contributed by atoms with Crippen molar-refractivity contribution in [2.45, 2.75) is 24.6 Å². The number of hydrogen-bond donors (Lipinski definition) is 3. The minimum absolute atomic E-state index is 0. The van der Waals surface area contributed by atoms with Crippen LogP contribution in [0.1, 0.15) is 18.5 Å². The average molecular weight is 312 g/mol. The van der Waals surface area contributed by atoms with Gasteiger partial charge in [-0.05, 0) is 31.5 Å². The van der Waals surface area contributed by atoms with Crippen molar-refractivity contribution in [3.8, 4) is 0 Å². The standard InChI is InChI=1S/C12H16F3N3O.ClH/c13-12(14,15)9-3-1-4-10(18-9)17-8-11(19)5-2-6-16-7-11;/h1,3-4,16,19H,2,5-8H2,(H,17,18);1H. The number of nitrogens with zero attached hydrogens (tertiary/aromatic N) is 1. The third-order valence-electron chi connectivity index (χ3n) is 3.09. The molecule has 0 spiro atoms. The highest BCUT2D eigenvalue weighted by atomic mass is 35.5. The Hall–Kier alpha value is -1.05. The van der Waals surface area contributed by atoms with E-state index in [2.05, 4.69) is 15.6 Å². The quantitative estimate of drug-likeness (QED) is 0.800. The summed E-state index contributed by atoms with van der Waals surface area (Å²) in [6.07, 6.45) is -3.00. The third kappa shape index (κ3) is 4.50. The van der Waals surface area contributed by atoms with E-state index in [1.807, 2.05) is 0 Å². The summed E-state index contributed by atoms with van der Waals surface area (Å²) in [7, 11) is 0. The Morgan fingerprint density at radius 3 is 2.75 bits per heavy atom. The second kappa shape index (κ2) is 6.60. The minimum atomic E-state index is -4.46. The first-order chi connectivity index (χ1) is 8.89. The molecule has 0 saturated carbocycles. The van der Waals surface area contributed by atoms with E-state index in [-0.39, 0.29) is 24.8 Å². The van der Waals surface area contributed by atoms with Gasteiger partial charge in [0.1, 0.15) is 11.5 Å². The Bertz CT molecular complexity index is 436. The Balaban J connectivity index is 0.00000200. The molecule has 0 aromatic carbocycles. The van der Waals surface area contributed by atoms with Crippen molar-refractivity contribution in [3.05, 3.63) is 23.9 Å². The summed E-state index contributed by atoms with van der Waals surface area (Å²) in [5.74, 6) is 0.119. The molecule has 1 aliphatic rings. The average Bonchev–Trinajstić information content (AvgIpc) is 2.37. The van der Waals surface area contributed by atoms with Crippen molar-refractivity contribution in [1.29, 1.82) is 0 Å². The minimum Gasteiger partial charge on any atom is -0.387 e. The van der Waals surface area contributed by atoms with E-state index in [1.54, 1.807) is 0 Å². The molecule has 1 aliphatic heterocycles. The number of halogens is 4. The van der Waals surface area contributed by atoms with E-state index < -0.39 is 17.5 Å². The highest BCUT2D eigenvalue weighted by Crippen LogP contribution is 2.28. The van der Waals surface area contributed by atoms with E-state index in [0.717, 1.165) is 19.0 Å². The normalized spacial score (nSPS) is 23.0. The number of rotatable bonds is 3. The lowest BCUT2D eigenvalue weighted by Crippen LogP contribution is -2.50. The summed E-state index contributed by atoms with van der Waals surface area (Å²) in [5.41, 5.74) is -1.87. The number of aliphatic hydroxyl groups is 1. The highest BCUT2D eigenvalue weighted by molar-refractivity contribution is 5.85. The van der Waals surface area contributed by atoms with Crippen LogP contribution in [-0.4, -0.2) is 35.3 Å². The number of pyridine rings is 1. The molecule has 0 radical (unpaired) electrons. The number of anilines is 1. The lowest BCUT2D eigenvalue weighted by Gasteiger charge is -2.32. The molecule has 1 unspecified atom stereocenters. The summed E-state index contributed by atoms with van der Waals surface area (Å²) in [4.78, 5) is 3.49. The molecule has 0 bridgehead atoms. The Morgan fingerprint density at radius 1 is 1.40 bits per heavy atom. The Kier molecular flexibility index (Phi) is 5.61. The summed E-state index contributed by atoms with van der Waals surface area (Å²) >= 11 is 0. The van der Waals surface area contributed by atoms with Gasteiger partial charge in [-0.25, -0.2) is 4.98 Å². The van der Waals surface area contributed by atoms with Gasteiger partial charge >= 0.3 is 6.18 Å². The first-order valence-electron chi connectivity index (χ1n) is 6.10. The summed E-state index contributed by atoms with van der Waals surface area (Å²) in [6.45, 7) is 1.46. The maximum Gasteiger partial charge on any atom is 0.433 e. The first kappa shape index (κ1) is 17.0. The van der Waals surface area contributed by atoms with Crippen LogP contribution in [0.5, 0.6) is 0 Å². The zero-order valence-corrected chi connectivity index (χ0v) is 11.5. The molecular weight excluding hydrogens is 295 g/mol. The van der Waals surface area contributed by atoms with Gasteiger partial charge in [0, 0.05) is 13.1 Å². The number of alkyl halides is 3. The second-order valence-corrected chi connectivity index (χ2v) is 4.76. The van der Waals surface area contributed by atoms with Gasteiger partial charge in [0.25, 0.3) is 0 Å². The summed E-state index contributed by atoms with van der Waals surface area (Å²) in [6, 6.07) is 3.66. The van der Waals surface area contributed by atoms with Crippen molar-refractivity contribution in [1.82, 2.24) is 10.3 Å².